The van der Waals surface area contributed by atoms with Crippen LogP contribution in [0.4, 0.5) is 0 Å². The third kappa shape index (κ3) is 4.65. The SMILES string of the molecule is c1ccc(-c2nc(-c3ccccc3)nc(-c3ccc(-n4c5ccccc5c5cc(-c6ccc7c(c6)oc6ccccc67)ccc54)nc3)n2)cc1. The third-order valence-corrected chi connectivity index (χ3v) is 9.32. The first kappa shape index (κ1) is 28.1. The second-order valence-corrected chi connectivity index (χ2v) is 12.3. The number of benzene rings is 6. The molecular formula is C44H27N5O. The Hall–Kier alpha value is -6.92. The molecule has 0 aliphatic heterocycles. The van der Waals surface area contributed by atoms with E-state index in [0.717, 1.165) is 77.4 Å². The summed E-state index contributed by atoms with van der Waals surface area (Å²) >= 11 is 0. The number of aromatic nitrogens is 5. The molecule has 0 spiro atoms. The van der Waals surface area contributed by atoms with Gasteiger partial charge in [0.1, 0.15) is 17.0 Å². The van der Waals surface area contributed by atoms with E-state index in [1.54, 1.807) is 0 Å². The Labute approximate surface area is 287 Å². The van der Waals surface area contributed by atoms with Gasteiger partial charge in [-0.2, -0.15) is 0 Å². The van der Waals surface area contributed by atoms with Crippen molar-refractivity contribution in [3.8, 4) is 51.1 Å². The molecule has 0 atom stereocenters. The van der Waals surface area contributed by atoms with Gasteiger partial charge in [-0.05, 0) is 59.7 Å². The van der Waals surface area contributed by atoms with E-state index in [2.05, 4.69) is 71.3 Å². The van der Waals surface area contributed by atoms with Gasteiger partial charge in [0, 0.05) is 44.4 Å². The summed E-state index contributed by atoms with van der Waals surface area (Å²) in [6.45, 7) is 0. The fourth-order valence-corrected chi connectivity index (χ4v) is 6.89. The lowest BCUT2D eigenvalue weighted by molar-refractivity contribution is 0.669. The number of para-hydroxylation sites is 2. The van der Waals surface area contributed by atoms with Crippen LogP contribution in [0.1, 0.15) is 0 Å². The molecule has 234 valence electrons. The highest BCUT2D eigenvalue weighted by molar-refractivity contribution is 6.11. The van der Waals surface area contributed by atoms with Crippen molar-refractivity contribution >= 4 is 43.7 Å². The Morgan fingerprint density at radius 3 is 1.66 bits per heavy atom. The molecule has 6 aromatic carbocycles. The van der Waals surface area contributed by atoms with Crippen molar-refractivity contribution in [2.24, 2.45) is 0 Å². The Kier molecular flexibility index (Phi) is 6.39. The first-order valence-electron chi connectivity index (χ1n) is 16.6. The van der Waals surface area contributed by atoms with E-state index in [4.69, 9.17) is 24.4 Å². The maximum absolute atomic E-state index is 6.21. The molecule has 0 saturated heterocycles. The van der Waals surface area contributed by atoms with E-state index < -0.39 is 0 Å². The summed E-state index contributed by atoms with van der Waals surface area (Å²) in [6.07, 6.45) is 1.85. The molecule has 6 nitrogen and oxygen atoms in total. The lowest BCUT2D eigenvalue weighted by atomic mass is 10.0. The summed E-state index contributed by atoms with van der Waals surface area (Å²) in [5.41, 5.74) is 8.88. The molecule has 4 heterocycles. The van der Waals surface area contributed by atoms with E-state index in [-0.39, 0.29) is 0 Å². The van der Waals surface area contributed by atoms with Crippen LogP contribution in [-0.2, 0) is 0 Å². The molecule has 4 aromatic heterocycles. The second kappa shape index (κ2) is 11.4. The van der Waals surface area contributed by atoms with Gasteiger partial charge in [0.2, 0.25) is 0 Å². The van der Waals surface area contributed by atoms with Crippen molar-refractivity contribution in [1.82, 2.24) is 24.5 Å². The fourth-order valence-electron chi connectivity index (χ4n) is 6.89. The lowest BCUT2D eigenvalue weighted by Crippen LogP contribution is -2.01. The summed E-state index contributed by atoms with van der Waals surface area (Å²) in [7, 11) is 0. The van der Waals surface area contributed by atoms with E-state index in [1.807, 2.05) is 97.2 Å². The van der Waals surface area contributed by atoms with Gasteiger partial charge in [-0.3, -0.25) is 4.57 Å². The molecule has 0 unspecified atom stereocenters. The van der Waals surface area contributed by atoms with E-state index in [1.165, 1.54) is 0 Å². The highest BCUT2D eigenvalue weighted by Crippen LogP contribution is 2.37. The maximum atomic E-state index is 6.21. The average Bonchev–Trinajstić information content (AvgIpc) is 3.73. The molecule has 0 aliphatic rings. The first-order chi connectivity index (χ1) is 24.8. The summed E-state index contributed by atoms with van der Waals surface area (Å²) in [4.78, 5) is 19.6. The van der Waals surface area contributed by atoms with Crippen LogP contribution in [-0.4, -0.2) is 24.5 Å². The molecule has 0 aliphatic carbocycles. The van der Waals surface area contributed by atoms with Gasteiger partial charge in [-0.1, -0.05) is 109 Å². The van der Waals surface area contributed by atoms with E-state index in [0.29, 0.717) is 17.5 Å². The molecule has 0 bridgehead atoms. The Balaban J connectivity index is 1.07. The van der Waals surface area contributed by atoms with Gasteiger partial charge in [0.25, 0.3) is 0 Å². The molecule has 0 N–H and O–H groups in total. The third-order valence-electron chi connectivity index (χ3n) is 9.32. The van der Waals surface area contributed by atoms with Gasteiger partial charge < -0.3 is 4.42 Å². The minimum absolute atomic E-state index is 0.574. The lowest BCUT2D eigenvalue weighted by Gasteiger charge is -2.10. The van der Waals surface area contributed by atoms with Gasteiger partial charge >= 0.3 is 0 Å². The van der Waals surface area contributed by atoms with Crippen molar-refractivity contribution in [3.05, 3.63) is 164 Å². The monoisotopic (exact) mass is 641 g/mol. The van der Waals surface area contributed by atoms with Gasteiger partial charge in [-0.25, -0.2) is 19.9 Å². The maximum Gasteiger partial charge on any atom is 0.165 e. The van der Waals surface area contributed by atoms with Crippen LogP contribution >= 0.6 is 0 Å². The number of nitrogens with zero attached hydrogens (tertiary/aromatic N) is 5. The zero-order valence-corrected chi connectivity index (χ0v) is 26.7. The van der Waals surface area contributed by atoms with Crippen molar-refractivity contribution in [3.63, 3.8) is 0 Å². The minimum Gasteiger partial charge on any atom is -0.456 e. The topological polar surface area (TPSA) is 69.6 Å². The standard InChI is InChI=1S/C44H27N5O/c1-3-11-28(12-4-1)42-46-43(29-13-5-2-6-14-29)48-44(47-42)32-21-24-41(45-27-32)49-37-17-9-7-15-33(37)36-25-30(20-23-38(36)49)31-19-22-35-34-16-8-10-18-39(34)50-40(35)26-31/h1-27H. The van der Waals surface area contributed by atoms with E-state index in [9.17, 15) is 0 Å². The minimum atomic E-state index is 0.574. The fraction of sp³-hybridized carbons (Fsp3) is 0. The number of hydrogen-bond acceptors (Lipinski definition) is 5. The molecule has 0 radical (unpaired) electrons. The zero-order chi connectivity index (χ0) is 33.0. The largest absolute Gasteiger partial charge is 0.456 e. The molecule has 0 fully saturated rings. The van der Waals surface area contributed by atoms with Crippen LogP contribution in [0, 0.1) is 0 Å². The number of pyridine rings is 1. The van der Waals surface area contributed by atoms with Gasteiger partial charge in [0.05, 0.1) is 11.0 Å². The number of rotatable bonds is 5. The van der Waals surface area contributed by atoms with Gasteiger partial charge in [0.15, 0.2) is 17.5 Å². The van der Waals surface area contributed by atoms with Crippen LogP contribution < -0.4 is 0 Å². The predicted molar refractivity (Wildman–Crippen MR) is 201 cm³/mol. The van der Waals surface area contributed by atoms with Crippen LogP contribution in [0.3, 0.4) is 0 Å². The summed E-state index contributed by atoms with van der Waals surface area (Å²) in [5, 5.41) is 4.58. The highest BCUT2D eigenvalue weighted by atomic mass is 16.3. The van der Waals surface area contributed by atoms with Crippen molar-refractivity contribution in [2.75, 3.05) is 0 Å². The van der Waals surface area contributed by atoms with Crippen LogP contribution in [0.15, 0.2) is 168 Å². The molecule has 6 heteroatoms. The normalized spacial score (nSPS) is 11.6. The van der Waals surface area contributed by atoms with Crippen LogP contribution in [0.5, 0.6) is 0 Å². The Morgan fingerprint density at radius 2 is 0.940 bits per heavy atom. The highest BCUT2D eigenvalue weighted by Gasteiger charge is 2.17. The summed E-state index contributed by atoms with van der Waals surface area (Å²) < 4.78 is 8.43. The van der Waals surface area contributed by atoms with Crippen molar-refractivity contribution < 1.29 is 4.42 Å². The zero-order valence-electron chi connectivity index (χ0n) is 26.7. The summed E-state index contributed by atoms with van der Waals surface area (Å²) in [5.74, 6) is 2.63. The predicted octanol–water partition coefficient (Wildman–Crippen LogP) is 10.9. The smallest absolute Gasteiger partial charge is 0.165 e. The van der Waals surface area contributed by atoms with E-state index >= 15 is 0 Å². The van der Waals surface area contributed by atoms with Gasteiger partial charge in [-0.15, -0.1) is 0 Å². The molecule has 10 rings (SSSR count). The second-order valence-electron chi connectivity index (χ2n) is 12.3. The molecular weight excluding hydrogens is 615 g/mol. The average molecular weight is 642 g/mol. The molecule has 0 saturated carbocycles. The van der Waals surface area contributed by atoms with Crippen molar-refractivity contribution in [1.29, 1.82) is 0 Å². The Morgan fingerprint density at radius 1 is 0.380 bits per heavy atom. The van der Waals surface area contributed by atoms with Crippen LogP contribution in [0.25, 0.3) is 94.9 Å². The summed E-state index contributed by atoms with van der Waals surface area (Å²) in [6, 6.07) is 53.9. The quantitative estimate of drug-likeness (QED) is 0.187. The first-order valence-corrected chi connectivity index (χ1v) is 16.6. The number of fused-ring (bicyclic) bond motifs is 6. The van der Waals surface area contributed by atoms with Crippen LogP contribution in [0.2, 0.25) is 0 Å². The van der Waals surface area contributed by atoms with Crippen molar-refractivity contribution in [2.45, 2.75) is 0 Å². The number of hydrogen-bond donors (Lipinski definition) is 0. The molecule has 0 amide bonds. The molecule has 50 heavy (non-hydrogen) atoms. The Bertz CT molecular complexity index is 2800. The molecule has 10 aromatic rings. The number of furan rings is 1.